The summed E-state index contributed by atoms with van der Waals surface area (Å²) < 4.78 is 0. The summed E-state index contributed by atoms with van der Waals surface area (Å²) in [7, 11) is 0. The van der Waals surface area contributed by atoms with E-state index in [1.165, 1.54) is 4.90 Å². The van der Waals surface area contributed by atoms with E-state index in [4.69, 9.17) is 0 Å². The topological polar surface area (TPSA) is 20.3 Å². The predicted octanol–water partition coefficient (Wildman–Crippen LogP) is 4.31. The molecule has 0 saturated carbocycles. The highest BCUT2D eigenvalue weighted by atomic mass is 32.2. The minimum Gasteiger partial charge on any atom is -0.311 e. The van der Waals surface area contributed by atoms with Crippen molar-refractivity contribution in [2.75, 3.05) is 23.0 Å². The summed E-state index contributed by atoms with van der Waals surface area (Å²) in [4.78, 5) is 16.9. The predicted molar refractivity (Wildman–Crippen MR) is 91.3 cm³/mol. The van der Waals surface area contributed by atoms with Crippen molar-refractivity contribution in [1.29, 1.82) is 0 Å². The summed E-state index contributed by atoms with van der Waals surface area (Å²) in [5.41, 5.74) is 1.07. The maximum Gasteiger partial charge on any atom is 0.237 e. The fourth-order valence-electron chi connectivity index (χ4n) is 2.33. The molecule has 0 radical (unpaired) electrons. The Morgan fingerprint density at radius 2 is 1.86 bits per heavy atom. The van der Waals surface area contributed by atoms with Crippen LogP contribution in [-0.4, -0.2) is 24.0 Å². The van der Waals surface area contributed by atoms with Gasteiger partial charge in [0.25, 0.3) is 0 Å². The van der Waals surface area contributed by atoms with E-state index in [9.17, 15) is 4.79 Å². The van der Waals surface area contributed by atoms with Crippen LogP contribution in [-0.2, 0) is 4.79 Å². The van der Waals surface area contributed by atoms with Crippen LogP contribution in [0.4, 0.5) is 5.69 Å². The van der Waals surface area contributed by atoms with Crippen LogP contribution < -0.4 is 4.90 Å². The summed E-state index contributed by atoms with van der Waals surface area (Å²) in [5.74, 6) is 1.76. The van der Waals surface area contributed by atoms with Gasteiger partial charge in [-0.2, -0.15) is 0 Å². The zero-order valence-corrected chi connectivity index (χ0v) is 13.3. The Hall–Kier alpha value is -1.39. The Morgan fingerprint density at radius 3 is 2.71 bits per heavy atom. The number of amides is 1. The van der Waals surface area contributed by atoms with Gasteiger partial charge in [-0.3, -0.25) is 4.79 Å². The molecule has 2 aromatic rings. The maximum atomic E-state index is 12.6. The molecule has 0 atom stereocenters. The van der Waals surface area contributed by atoms with Gasteiger partial charge >= 0.3 is 0 Å². The smallest absolute Gasteiger partial charge is 0.237 e. The maximum absolute atomic E-state index is 12.6. The summed E-state index contributed by atoms with van der Waals surface area (Å²) in [6.45, 7) is 0.818. The standard InChI is InChI=1S/C17H17NOS2/c19-17(13-21-14-7-2-1-3-8-14)18-11-6-12-20-16-10-5-4-9-15(16)18/h1-5,7-10H,6,11-13H2. The second-order valence-electron chi connectivity index (χ2n) is 4.82. The molecule has 0 bridgehead atoms. The van der Waals surface area contributed by atoms with Crippen molar-refractivity contribution in [3.05, 3.63) is 54.6 Å². The molecule has 1 aliphatic rings. The van der Waals surface area contributed by atoms with Gasteiger partial charge in [0.1, 0.15) is 0 Å². The first-order valence-electron chi connectivity index (χ1n) is 7.04. The SMILES string of the molecule is O=C(CSc1ccccc1)N1CCCSc2ccccc21. The van der Waals surface area contributed by atoms with Gasteiger partial charge in [-0.15, -0.1) is 23.5 Å². The largest absolute Gasteiger partial charge is 0.311 e. The third-order valence-corrected chi connectivity index (χ3v) is 5.49. The van der Waals surface area contributed by atoms with E-state index in [2.05, 4.69) is 12.1 Å². The van der Waals surface area contributed by atoms with Crippen molar-refractivity contribution < 1.29 is 4.79 Å². The lowest BCUT2D eigenvalue weighted by molar-refractivity contribution is -0.116. The van der Waals surface area contributed by atoms with Crippen LogP contribution in [0, 0.1) is 0 Å². The normalized spacial score (nSPS) is 14.4. The lowest BCUT2D eigenvalue weighted by Crippen LogP contribution is -2.33. The molecular weight excluding hydrogens is 298 g/mol. The monoisotopic (exact) mass is 315 g/mol. The fourth-order valence-corrected chi connectivity index (χ4v) is 4.12. The van der Waals surface area contributed by atoms with Crippen LogP contribution in [0.15, 0.2) is 64.4 Å². The lowest BCUT2D eigenvalue weighted by atomic mass is 10.2. The number of anilines is 1. The zero-order chi connectivity index (χ0) is 14.5. The number of thioether (sulfide) groups is 2. The van der Waals surface area contributed by atoms with Crippen LogP contribution in [0.1, 0.15) is 6.42 Å². The van der Waals surface area contributed by atoms with Crippen LogP contribution in [0.3, 0.4) is 0 Å². The Kier molecular flexibility index (Phi) is 4.88. The summed E-state index contributed by atoms with van der Waals surface area (Å²) >= 11 is 3.45. The van der Waals surface area contributed by atoms with Gasteiger partial charge in [-0.1, -0.05) is 30.3 Å². The molecule has 2 nitrogen and oxygen atoms in total. The van der Waals surface area contributed by atoms with Crippen molar-refractivity contribution in [2.24, 2.45) is 0 Å². The average Bonchev–Trinajstić information content (AvgIpc) is 2.76. The molecule has 0 N–H and O–H groups in total. The number of carbonyl (C=O) groups excluding carboxylic acids is 1. The van der Waals surface area contributed by atoms with Crippen molar-refractivity contribution in [2.45, 2.75) is 16.2 Å². The fraction of sp³-hybridized carbons (Fsp3) is 0.235. The molecule has 4 heteroatoms. The van der Waals surface area contributed by atoms with E-state index >= 15 is 0 Å². The second kappa shape index (κ2) is 7.05. The molecule has 21 heavy (non-hydrogen) atoms. The highest BCUT2D eigenvalue weighted by Gasteiger charge is 2.21. The van der Waals surface area contributed by atoms with Crippen molar-refractivity contribution >= 4 is 35.1 Å². The van der Waals surface area contributed by atoms with Crippen LogP contribution >= 0.6 is 23.5 Å². The van der Waals surface area contributed by atoms with Gasteiger partial charge in [0.05, 0.1) is 11.4 Å². The molecule has 2 aromatic carbocycles. The quantitative estimate of drug-likeness (QED) is 0.787. The number of carbonyl (C=O) groups is 1. The Morgan fingerprint density at radius 1 is 1.10 bits per heavy atom. The molecule has 1 aliphatic heterocycles. The Labute approximate surface area is 133 Å². The molecule has 1 heterocycles. The van der Waals surface area contributed by atoms with Gasteiger partial charge in [0.2, 0.25) is 5.91 Å². The van der Waals surface area contributed by atoms with Crippen LogP contribution in [0.2, 0.25) is 0 Å². The van der Waals surface area contributed by atoms with Gasteiger partial charge in [-0.25, -0.2) is 0 Å². The summed E-state index contributed by atoms with van der Waals surface area (Å²) in [6.07, 6.45) is 1.04. The molecule has 0 saturated heterocycles. The van der Waals surface area contributed by atoms with E-state index in [-0.39, 0.29) is 5.91 Å². The van der Waals surface area contributed by atoms with E-state index in [0.717, 1.165) is 29.3 Å². The molecule has 0 spiro atoms. The van der Waals surface area contributed by atoms with E-state index < -0.39 is 0 Å². The van der Waals surface area contributed by atoms with Crippen molar-refractivity contribution in [3.63, 3.8) is 0 Å². The summed E-state index contributed by atoms with van der Waals surface area (Å²) in [5, 5.41) is 0. The number of hydrogen-bond acceptors (Lipinski definition) is 3. The van der Waals surface area contributed by atoms with E-state index in [1.807, 2.05) is 59.1 Å². The Balaban J connectivity index is 1.72. The number of para-hydroxylation sites is 1. The number of hydrogen-bond donors (Lipinski definition) is 0. The zero-order valence-electron chi connectivity index (χ0n) is 11.7. The molecule has 0 aromatic heterocycles. The first-order chi connectivity index (χ1) is 10.3. The van der Waals surface area contributed by atoms with Gasteiger partial charge in [-0.05, 0) is 36.4 Å². The number of rotatable bonds is 3. The molecule has 108 valence electrons. The molecule has 0 unspecified atom stereocenters. The highest BCUT2D eigenvalue weighted by Crippen LogP contribution is 2.34. The number of benzene rings is 2. The Bertz CT molecular complexity index is 615. The molecule has 3 rings (SSSR count). The second-order valence-corrected chi connectivity index (χ2v) is 7.00. The number of nitrogens with zero attached hydrogens (tertiary/aromatic N) is 1. The average molecular weight is 315 g/mol. The summed E-state index contributed by atoms with van der Waals surface area (Å²) in [6, 6.07) is 18.3. The van der Waals surface area contributed by atoms with Crippen molar-refractivity contribution in [1.82, 2.24) is 0 Å². The minimum atomic E-state index is 0.193. The van der Waals surface area contributed by atoms with E-state index in [0.29, 0.717) is 5.75 Å². The minimum absolute atomic E-state index is 0.193. The molecular formula is C17H17NOS2. The molecule has 1 amide bonds. The van der Waals surface area contributed by atoms with Gasteiger partial charge < -0.3 is 4.90 Å². The number of fused-ring (bicyclic) bond motifs is 1. The van der Waals surface area contributed by atoms with Gasteiger partial charge in [0, 0.05) is 16.3 Å². The third kappa shape index (κ3) is 3.63. The highest BCUT2D eigenvalue weighted by molar-refractivity contribution is 8.00. The van der Waals surface area contributed by atoms with Gasteiger partial charge in [0.15, 0.2) is 0 Å². The van der Waals surface area contributed by atoms with Crippen molar-refractivity contribution in [3.8, 4) is 0 Å². The first-order valence-corrected chi connectivity index (χ1v) is 9.02. The third-order valence-electron chi connectivity index (χ3n) is 3.35. The van der Waals surface area contributed by atoms with Crippen LogP contribution in [0.5, 0.6) is 0 Å². The van der Waals surface area contributed by atoms with Crippen LogP contribution in [0.25, 0.3) is 0 Å². The lowest BCUT2D eigenvalue weighted by Gasteiger charge is -2.22. The molecule has 0 aliphatic carbocycles. The molecule has 0 fully saturated rings. The van der Waals surface area contributed by atoms with E-state index in [1.54, 1.807) is 11.8 Å². The first kappa shape index (κ1) is 14.5.